The smallest absolute Gasteiger partial charge is 0.306 e. The SMILES string of the molecule is CC/C=C\C/C=C\C/C=C\C/C=C\C/C=C\CCOCC(CO)OC(=O)CCCCCCCCCCCCCCC. The van der Waals surface area contributed by atoms with Crippen molar-refractivity contribution >= 4 is 5.97 Å². The highest BCUT2D eigenvalue weighted by Gasteiger charge is 2.13. The molecule has 0 aromatic carbocycles. The van der Waals surface area contributed by atoms with Crippen LogP contribution < -0.4 is 0 Å². The molecule has 0 saturated carbocycles. The van der Waals surface area contributed by atoms with Crippen molar-refractivity contribution in [2.75, 3.05) is 19.8 Å². The lowest BCUT2D eigenvalue weighted by molar-refractivity contribution is -0.154. The van der Waals surface area contributed by atoms with Crippen LogP contribution in [0.2, 0.25) is 0 Å². The monoisotopic (exact) mass is 572 g/mol. The lowest BCUT2D eigenvalue weighted by Gasteiger charge is -2.15. The summed E-state index contributed by atoms with van der Waals surface area (Å²) in [6.07, 6.45) is 44.1. The molecule has 4 nitrogen and oxygen atoms in total. The first-order valence-electron chi connectivity index (χ1n) is 16.9. The van der Waals surface area contributed by atoms with Gasteiger partial charge in [0.05, 0.1) is 19.8 Å². The average Bonchev–Trinajstić information content (AvgIpc) is 2.98. The predicted molar refractivity (Wildman–Crippen MR) is 177 cm³/mol. The van der Waals surface area contributed by atoms with Gasteiger partial charge in [-0.05, 0) is 44.9 Å². The minimum absolute atomic E-state index is 0.202. The highest BCUT2D eigenvalue weighted by molar-refractivity contribution is 5.69. The number of aliphatic hydroxyl groups excluding tert-OH is 1. The van der Waals surface area contributed by atoms with Gasteiger partial charge in [-0.2, -0.15) is 0 Å². The van der Waals surface area contributed by atoms with Gasteiger partial charge in [0.2, 0.25) is 0 Å². The molecule has 1 atom stereocenters. The fourth-order valence-electron chi connectivity index (χ4n) is 4.39. The molecule has 4 heteroatoms. The molecule has 0 rings (SSSR count). The Balaban J connectivity index is 3.60. The average molecular weight is 573 g/mol. The largest absolute Gasteiger partial charge is 0.457 e. The zero-order valence-corrected chi connectivity index (χ0v) is 26.8. The van der Waals surface area contributed by atoms with Crippen molar-refractivity contribution in [2.24, 2.45) is 0 Å². The quantitative estimate of drug-likeness (QED) is 0.0528. The summed E-state index contributed by atoms with van der Waals surface area (Å²) in [4.78, 5) is 12.1. The minimum Gasteiger partial charge on any atom is -0.457 e. The lowest BCUT2D eigenvalue weighted by atomic mass is 10.0. The van der Waals surface area contributed by atoms with E-state index in [1.165, 1.54) is 70.6 Å². The molecule has 1 unspecified atom stereocenters. The maximum absolute atomic E-state index is 12.1. The Morgan fingerprint density at radius 1 is 0.610 bits per heavy atom. The van der Waals surface area contributed by atoms with Crippen molar-refractivity contribution in [3.63, 3.8) is 0 Å². The van der Waals surface area contributed by atoms with E-state index in [2.05, 4.69) is 74.6 Å². The van der Waals surface area contributed by atoms with Gasteiger partial charge in [0.15, 0.2) is 0 Å². The van der Waals surface area contributed by atoms with Gasteiger partial charge in [-0.3, -0.25) is 4.79 Å². The third-order valence-corrected chi connectivity index (χ3v) is 6.88. The van der Waals surface area contributed by atoms with Crippen molar-refractivity contribution in [3.05, 3.63) is 60.8 Å². The normalized spacial score (nSPS) is 13.1. The molecule has 0 aromatic heterocycles. The Morgan fingerprint density at radius 2 is 1.05 bits per heavy atom. The summed E-state index contributed by atoms with van der Waals surface area (Å²) >= 11 is 0. The van der Waals surface area contributed by atoms with Crippen molar-refractivity contribution in [2.45, 2.75) is 148 Å². The molecular formula is C37H64O4. The summed E-state index contributed by atoms with van der Waals surface area (Å²) in [7, 11) is 0. The van der Waals surface area contributed by atoms with E-state index in [9.17, 15) is 9.90 Å². The first kappa shape index (κ1) is 39.1. The molecule has 0 saturated heterocycles. The van der Waals surface area contributed by atoms with Gasteiger partial charge in [-0.1, -0.05) is 152 Å². The van der Waals surface area contributed by atoms with Crippen LogP contribution in [0.3, 0.4) is 0 Å². The van der Waals surface area contributed by atoms with Gasteiger partial charge in [-0.25, -0.2) is 0 Å². The first-order chi connectivity index (χ1) is 20.2. The standard InChI is InChI=1S/C37H64O4/c1-3-5-7-9-11-13-15-17-18-19-21-23-25-27-29-31-33-40-35-36(34-38)41-37(39)32-30-28-26-24-22-20-16-14-12-10-8-6-4-2/h5,7,11,13,17-18,21,23,27,29,36,38H,3-4,6,8-10,12,14-16,19-20,22,24-26,28,30-35H2,1-2H3/b7-5-,13-11-,18-17-,23-21-,29-27-. The van der Waals surface area contributed by atoms with E-state index >= 15 is 0 Å². The third-order valence-electron chi connectivity index (χ3n) is 6.88. The molecule has 0 radical (unpaired) electrons. The number of allylic oxidation sites excluding steroid dienone is 9. The summed E-state index contributed by atoms with van der Waals surface area (Å²) in [5.41, 5.74) is 0. The summed E-state index contributed by atoms with van der Waals surface area (Å²) < 4.78 is 11.0. The molecule has 236 valence electrons. The van der Waals surface area contributed by atoms with Crippen LogP contribution in [0.15, 0.2) is 60.8 Å². The first-order valence-corrected chi connectivity index (χ1v) is 16.9. The van der Waals surface area contributed by atoms with Gasteiger partial charge in [0.1, 0.15) is 6.10 Å². The molecule has 0 amide bonds. The van der Waals surface area contributed by atoms with E-state index in [0.29, 0.717) is 13.0 Å². The van der Waals surface area contributed by atoms with E-state index in [0.717, 1.165) is 51.4 Å². The van der Waals surface area contributed by atoms with Gasteiger partial charge in [-0.15, -0.1) is 0 Å². The van der Waals surface area contributed by atoms with Crippen molar-refractivity contribution < 1.29 is 19.4 Å². The number of aliphatic hydroxyl groups is 1. The van der Waals surface area contributed by atoms with Crippen LogP contribution in [0.4, 0.5) is 0 Å². The van der Waals surface area contributed by atoms with E-state index in [-0.39, 0.29) is 19.2 Å². The Hall–Kier alpha value is -1.91. The summed E-state index contributed by atoms with van der Waals surface area (Å²) in [6.45, 7) is 5.01. The van der Waals surface area contributed by atoms with E-state index in [4.69, 9.17) is 9.47 Å². The van der Waals surface area contributed by atoms with Crippen LogP contribution in [0.5, 0.6) is 0 Å². The Kier molecular flexibility index (Phi) is 32.7. The van der Waals surface area contributed by atoms with Crippen molar-refractivity contribution in [1.29, 1.82) is 0 Å². The number of ether oxygens (including phenoxy) is 2. The Labute approximate surface area is 254 Å². The second-order valence-corrected chi connectivity index (χ2v) is 10.9. The molecule has 1 N–H and O–H groups in total. The molecule has 0 aromatic rings. The molecule has 0 spiro atoms. The molecule has 0 heterocycles. The Morgan fingerprint density at radius 3 is 1.51 bits per heavy atom. The fraction of sp³-hybridized carbons (Fsp3) is 0.703. The molecule has 41 heavy (non-hydrogen) atoms. The lowest BCUT2D eigenvalue weighted by Crippen LogP contribution is -2.27. The highest BCUT2D eigenvalue weighted by Crippen LogP contribution is 2.13. The summed E-state index contributed by atoms with van der Waals surface area (Å²) in [6, 6.07) is 0. The van der Waals surface area contributed by atoms with Gasteiger partial charge >= 0.3 is 5.97 Å². The summed E-state index contributed by atoms with van der Waals surface area (Å²) in [5, 5.41) is 9.51. The van der Waals surface area contributed by atoms with E-state index in [1.54, 1.807) is 0 Å². The zero-order chi connectivity index (χ0) is 29.9. The minimum atomic E-state index is -0.571. The maximum Gasteiger partial charge on any atom is 0.306 e. The van der Waals surface area contributed by atoms with Crippen molar-refractivity contribution in [3.8, 4) is 0 Å². The van der Waals surface area contributed by atoms with Crippen molar-refractivity contribution in [1.82, 2.24) is 0 Å². The number of unbranched alkanes of at least 4 members (excludes halogenated alkanes) is 12. The van der Waals surface area contributed by atoms with Gasteiger partial charge in [0.25, 0.3) is 0 Å². The Bertz CT molecular complexity index is 689. The number of rotatable bonds is 30. The topological polar surface area (TPSA) is 55.8 Å². The maximum atomic E-state index is 12.1. The number of esters is 1. The molecule has 0 aliphatic rings. The predicted octanol–water partition coefficient (Wildman–Crippen LogP) is 10.5. The molecule has 0 fully saturated rings. The van der Waals surface area contributed by atoms with Gasteiger partial charge < -0.3 is 14.6 Å². The molecule has 0 bridgehead atoms. The van der Waals surface area contributed by atoms with E-state index < -0.39 is 6.10 Å². The molecule has 0 aliphatic carbocycles. The van der Waals surface area contributed by atoms with Crippen LogP contribution in [-0.2, 0) is 14.3 Å². The third kappa shape index (κ3) is 32.5. The van der Waals surface area contributed by atoms with E-state index in [1.807, 2.05) is 0 Å². The second-order valence-electron chi connectivity index (χ2n) is 10.9. The highest BCUT2D eigenvalue weighted by atomic mass is 16.6. The number of carbonyl (C=O) groups is 1. The molecule has 0 aliphatic heterocycles. The van der Waals surface area contributed by atoms with Crippen LogP contribution in [-0.4, -0.2) is 37.0 Å². The fourth-order valence-corrected chi connectivity index (χ4v) is 4.39. The number of hydrogen-bond donors (Lipinski definition) is 1. The number of hydrogen-bond acceptors (Lipinski definition) is 4. The molecular weight excluding hydrogens is 508 g/mol. The van der Waals surface area contributed by atoms with Gasteiger partial charge in [0, 0.05) is 6.42 Å². The van der Waals surface area contributed by atoms with Crippen LogP contribution in [0, 0.1) is 0 Å². The zero-order valence-electron chi connectivity index (χ0n) is 26.8. The summed E-state index contributed by atoms with van der Waals surface area (Å²) in [5.74, 6) is -0.228. The second kappa shape index (κ2) is 34.3. The van der Waals surface area contributed by atoms with Crippen LogP contribution in [0.25, 0.3) is 0 Å². The number of carbonyl (C=O) groups excluding carboxylic acids is 1. The van der Waals surface area contributed by atoms with Crippen LogP contribution in [0.1, 0.15) is 142 Å². The van der Waals surface area contributed by atoms with Crippen LogP contribution >= 0.6 is 0 Å².